The van der Waals surface area contributed by atoms with Crippen LogP contribution in [0.5, 0.6) is 0 Å². The van der Waals surface area contributed by atoms with Crippen molar-refractivity contribution in [2.75, 3.05) is 6.61 Å². The summed E-state index contributed by atoms with van der Waals surface area (Å²) in [5, 5.41) is 9.47. The average Bonchev–Trinajstić information content (AvgIpc) is 2.22. The molecule has 0 aliphatic carbocycles. The van der Waals surface area contributed by atoms with Crippen LogP contribution in [0.4, 0.5) is 0 Å². The van der Waals surface area contributed by atoms with Crippen molar-refractivity contribution in [3.63, 3.8) is 0 Å². The van der Waals surface area contributed by atoms with Gasteiger partial charge in [-0.3, -0.25) is 0 Å². The quantitative estimate of drug-likeness (QED) is 0.383. The van der Waals surface area contributed by atoms with Crippen molar-refractivity contribution in [2.24, 2.45) is 0 Å². The van der Waals surface area contributed by atoms with Crippen molar-refractivity contribution < 1.29 is 14.6 Å². The molecule has 0 aliphatic rings. The predicted octanol–water partition coefficient (Wildman–Crippen LogP) is 2.44. The van der Waals surface area contributed by atoms with Gasteiger partial charge in [0.05, 0.1) is 12.7 Å². The lowest BCUT2D eigenvalue weighted by Gasteiger charge is -2.04. The van der Waals surface area contributed by atoms with Gasteiger partial charge in [0.1, 0.15) is 0 Å². The summed E-state index contributed by atoms with van der Waals surface area (Å²) in [5.74, 6) is -0.384. The van der Waals surface area contributed by atoms with E-state index in [4.69, 9.17) is 4.74 Å². The zero-order chi connectivity index (χ0) is 11.5. The molecule has 0 aromatic rings. The molecule has 0 fully saturated rings. The van der Waals surface area contributed by atoms with Gasteiger partial charge in [0, 0.05) is 6.08 Å². The number of unbranched alkanes of at least 4 members (excludes halogenated alkanes) is 3. The van der Waals surface area contributed by atoms with Crippen molar-refractivity contribution in [1.82, 2.24) is 0 Å². The molecule has 0 aromatic heterocycles. The molecule has 0 amide bonds. The number of esters is 1. The number of ether oxygens (including phenoxy) is 1. The molecule has 0 heterocycles. The first-order chi connectivity index (χ1) is 7.20. The molecular weight excluding hydrogens is 192 g/mol. The van der Waals surface area contributed by atoms with Crippen LogP contribution >= 0.6 is 0 Å². The van der Waals surface area contributed by atoms with Crippen molar-refractivity contribution in [1.29, 1.82) is 0 Å². The number of carbonyl (C=O) groups excluding carboxylic acids is 1. The summed E-state index contributed by atoms with van der Waals surface area (Å²) in [6, 6.07) is 0. The first-order valence-electron chi connectivity index (χ1n) is 5.73. The minimum atomic E-state index is -0.522. The average molecular weight is 214 g/mol. The number of carbonyl (C=O) groups is 1. The topological polar surface area (TPSA) is 46.5 Å². The second-order valence-electron chi connectivity index (χ2n) is 3.53. The minimum Gasteiger partial charge on any atom is -0.463 e. The van der Waals surface area contributed by atoms with Gasteiger partial charge < -0.3 is 9.84 Å². The Morgan fingerprint density at radius 3 is 2.67 bits per heavy atom. The molecule has 3 heteroatoms. The number of hydrogen-bond donors (Lipinski definition) is 1. The zero-order valence-electron chi connectivity index (χ0n) is 9.74. The Hall–Kier alpha value is -0.830. The monoisotopic (exact) mass is 214 g/mol. The van der Waals surface area contributed by atoms with E-state index in [1.807, 2.05) is 0 Å². The largest absolute Gasteiger partial charge is 0.463 e. The van der Waals surface area contributed by atoms with Gasteiger partial charge in [0.25, 0.3) is 0 Å². The molecule has 1 atom stereocenters. The molecule has 0 aliphatic heterocycles. The van der Waals surface area contributed by atoms with Crippen LogP contribution in [-0.2, 0) is 9.53 Å². The highest BCUT2D eigenvalue weighted by molar-refractivity contribution is 5.81. The summed E-state index contributed by atoms with van der Waals surface area (Å²) in [6.07, 6.45) is 7.53. The highest BCUT2D eigenvalue weighted by atomic mass is 16.5. The molecule has 15 heavy (non-hydrogen) atoms. The normalized spacial score (nSPS) is 13.0. The number of aliphatic hydroxyl groups is 1. The first-order valence-corrected chi connectivity index (χ1v) is 5.73. The Kier molecular flexibility index (Phi) is 9.18. The Balaban J connectivity index is 3.54. The van der Waals surface area contributed by atoms with Crippen molar-refractivity contribution in [3.05, 3.63) is 12.2 Å². The van der Waals surface area contributed by atoms with E-state index in [9.17, 15) is 9.90 Å². The molecule has 0 rings (SSSR count). The van der Waals surface area contributed by atoms with E-state index in [0.717, 1.165) is 19.3 Å². The maximum Gasteiger partial charge on any atom is 0.330 e. The molecule has 88 valence electrons. The SMILES string of the molecule is CCCCCC[C@@H](O)/C=C/C(=O)OCC. The van der Waals surface area contributed by atoms with Gasteiger partial charge >= 0.3 is 5.97 Å². The second kappa shape index (κ2) is 9.71. The molecule has 0 bridgehead atoms. The van der Waals surface area contributed by atoms with Crippen LogP contribution in [0.25, 0.3) is 0 Å². The van der Waals surface area contributed by atoms with Gasteiger partial charge in [-0.15, -0.1) is 0 Å². The summed E-state index contributed by atoms with van der Waals surface area (Å²) < 4.78 is 4.70. The van der Waals surface area contributed by atoms with Crippen LogP contribution < -0.4 is 0 Å². The maximum absolute atomic E-state index is 10.9. The van der Waals surface area contributed by atoms with Crippen molar-refractivity contribution in [3.8, 4) is 0 Å². The van der Waals surface area contributed by atoms with Gasteiger partial charge in [0.2, 0.25) is 0 Å². The van der Waals surface area contributed by atoms with E-state index >= 15 is 0 Å². The van der Waals surface area contributed by atoms with Crippen LogP contribution in [0.15, 0.2) is 12.2 Å². The van der Waals surface area contributed by atoms with Crippen molar-refractivity contribution >= 4 is 5.97 Å². The lowest BCUT2D eigenvalue weighted by molar-refractivity contribution is -0.137. The Bertz CT molecular complexity index is 187. The van der Waals surface area contributed by atoms with E-state index in [1.165, 1.54) is 25.0 Å². The fraction of sp³-hybridized carbons (Fsp3) is 0.750. The zero-order valence-corrected chi connectivity index (χ0v) is 9.74. The molecule has 0 unspecified atom stereocenters. The highest BCUT2D eigenvalue weighted by Crippen LogP contribution is 2.06. The first kappa shape index (κ1) is 14.2. The van der Waals surface area contributed by atoms with Crippen LogP contribution in [0.3, 0.4) is 0 Å². The smallest absolute Gasteiger partial charge is 0.330 e. The summed E-state index contributed by atoms with van der Waals surface area (Å²) in [4.78, 5) is 10.9. The molecule has 0 radical (unpaired) electrons. The lowest BCUT2D eigenvalue weighted by Crippen LogP contribution is -2.05. The lowest BCUT2D eigenvalue weighted by atomic mass is 10.1. The number of rotatable bonds is 8. The van der Waals surface area contributed by atoms with Gasteiger partial charge in [-0.2, -0.15) is 0 Å². The van der Waals surface area contributed by atoms with Crippen LogP contribution in [0.2, 0.25) is 0 Å². The summed E-state index contributed by atoms with van der Waals surface area (Å²) >= 11 is 0. The Labute approximate surface area is 92.1 Å². The summed E-state index contributed by atoms with van der Waals surface area (Å²) in [7, 11) is 0. The highest BCUT2D eigenvalue weighted by Gasteiger charge is 2.00. The summed E-state index contributed by atoms with van der Waals surface area (Å²) in [5.41, 5.74) is 0. The maximum atomic E-state index is 10.9. The molecule has 1 N–H and O–H groups in total. The third-order valence-corrected chi connectivity index (χ3v) is 2.09. The van der Waals surface area contributed by atoms with E-state index in [-0.39, 0.29) is 5.97 Å². The fourth-order valence-corrected chi connectivity index (χ4v) is 1.26. The molecule has 0 saturated heterocycles. The number of aliphatic hydroxyl groups excluding tert-OH is 1. The van der Waals surface area contributed by atoms with E-state index < -0.39 is 6.10 Å². The number of hydrogen-bond acceptors (Lipinski definition) is 3. The van der Waals surface area contributed by atoms with Gasteiger partial charge in [-0.05, 0) is 19.4 Å². The standard InChI is InChI=1S/C12H22O3/c1-3-5-6-7-8-11(13)9-10-12(14)15-4-2/h9-11,13H,3-8H2,1-2H3/b10-9+/t11-/m1/s1. The molecule has 0 aromatic carbocycles. The molecule has 0 saturated carbocycles. The van der Waals surface area contributed by atoms with Gasteiger partial charge in [-0.25, -0.2) is 4.79 Å². The third kappa shape index (κ3) is 9.47. The van der Waals surface area contributed by atoms with Crippen molar-refractivity contribution in [2.45, 2.75) is 52.1 Å². The van der Waals surface area contributed by atoms with E-state index in [1.54, 1.807) is 6.92 Å². The third-order valence-electron chi connectivity index (χ3n) is 2.09. The summed E-state index contributed by atoms with van der Waals surface area (Å²) in [6.45, 7) is 4.28. The molecule has 3 nitrogen and oxygen atoms in total. The molecule has 0 spiro atoms. The van der Waals surface area contributed by atoms with Gasteiger partial charge in [-0.1, -0.05) is 32.6 Å². The van der Waals surface area contributed by atoms with Crippen LogP contribution in [-0.4, -0.2) is 23.8 Å². The predicted molar refractivity (Wildman–Crippen MR) is 60.5 cm³/mol. The van der Waals surface area contributed by atoms with E-state index in [2.05, 4.69) is 6.92 Å². The van der Waals surface area contributed by atoms with E-state index in [0.29, 0.717) is 6.61 Å². The van der Waals surface area contributed by atoms with Crippen LogP contribution in [0, 0.1) is 0 Å². The Morgan fingerprint density at radius 2 is 2.07 bits per heavy atom. The van der Waals surface area contributed by atoms with Crippen LogP contribution in [0.1, 0.15) is 46.0 Å². The second-order valence-corrected chi connectivity index (χ2v) is 3.53. The van der Waals surface area contributed by atoms with Gasteiger partial charge in [0.15, 0.2) is 0 Å². The fourth-order valence-electron chi connectivity index (χ4n) is 1.26. The molecular formula is C12H22O3. The Morgan fingerprint density at radius 1 is 1.33 bits per heavy atom. The minimum absolute atomic E-state index is 0.371.